The summed E-state index contributed by atoms with van der Waals surface area (Å²) in [4.78, 5) is 36.2. The molecular formula is C18H18N4O3S. The molecule has 0 amide bonds. The number of aryl methyl sites for hydroxylation is 1. The van der Waals surface area contributed by atoms with Gasteiger partial charge in [-0.15, -0.1) is 0 Å². The molecule has 0 aliphatic carbocycles. The molecule has 0 atom stereocenters. The zero-order chi connectivity index (χ0) is 17.9. The second-order valence-electron chi connectivity index (χ2n) is 6.06. The molecular weight excluding hydrogens is 352 g/mol. The molecule has 26 heavy (non-hydrogen) atoms. The minimum atomic E-state index is -0.285. The minimum absolute atomic E-state index is 0.206. The maximum Gasteiger partial charge on any atom is 0.277 e. The van der Waals surface area contributed by atoms with Crippen LogP contribution in [-0.4, -0.2) is 46.1 Å². The number of ether oxygens (including phenoxy) is 1. The van der Waals surface area contributed by atoms with E-state index in [2.05, 4.69) is 14.9 Å². The van der Waals surface area contributed by atoms with Crippen molar-refractivity contribution in [1.29, 1.82) is 0 Å². The van der Waals surface area contributed by atoms with E-state index in [1.165, 1.54) is 3.96 Å². The largest absolute Gasteiger partial charge is 0.378 e. The van der Waals surface area contributed by atoms with Crippen molar-refractivity contribution >= 4 is 33.5 Å². The van der Waals surface area contributed by atoms with Crippen molar-refractivity contribution in [2.24, 2.45) is 0 Å². The summed E-state index contributed by atoms with van der Waals surface area (Å²) in [5, 5.41) is 0.490. The fraction of sp³-hybridized carbons (Fsp3) is 0.333. The fourth-order valence-corrected chi connectivity index (χ4v) is 3.87. The second kappa shape index (κ2) is 7.35. The van der Waals surface area contributed by atoms with Crippen LogP contribution >= 0.6 is 11.5 Å². The number of carbonyl (C=O) groups excluding carboxylic acids is 1. The zero-order valence-electron chi connectivity index (χ0n) is 14.1. The lowest BCUT2D eigenvalue weighted by atomic mass is 10.1. The Kier molecular flexibility index (Phi) is 4.77. The second-order valence-corrected chi connectivity index (χ2v) is 7.00. The van der Waals surface area contributed by atoms with E-state index in [0.717, 1.165) is 36.0 Å². The van der Waals surface area contributed by atoms with E-state index in [-0.39, 0.29) is 17.9 Å². The highest BCUT2D eigenvalue weighted by Crippen LogP contribution is 2.17. The molecule has 0 bridgehead atoms. The van der Waals surface area contributed by atoms with Crippen molar-refractivity contribution < 1.29 is 9.53 Å². The van der Waals surface area contributed by atoms with Gasteiger partial charge in [0.05, 0.1) is 18.6 Å². The predicted octanol–water partition coefficient (Wildman–Crippen LogP) is 1.96. The van der Waals surface area contributed by atoms with Crippen LogP contribution in [0.15, 0.2) is 41.5 Å². The molecule has 3 aromatic heterocycles. The van der Waals surface area contributed by atoms with E-state index >= 15 is 0 Å². The minimum Gasteiger partial charge on any atom is -0.378 e. The zero-order valence-corrected chi connectivity index (χ0v) is 14.9. The molecule has 7 nitrogen and oxygen atoms in total. The summed E-state index contributed by atoms with van der Waals surface area (Å²) in [6.07, 6.45) is 4.21. The van der Waals surface area contributed by atoms with Gasteiger partial charge in [0.25, 0.3) is 5.56 Å². The molecule has 8 heteroatoms. The molecule has 0 radical (unpaired) electrons. The SMILES string of the molecule is O=C(CCc1ccnc(N2CCOCC2)c1)n1sc2ncccc2c1=O. The predicted molar refractivity (Wildman–Crippen MR) is 100 cm³/mol. The van der Waals surface area contributed by atoms with E-state index in [1.807, 2.05) is 12.1 Å². The van der Waals surface area contributed by atoms with Gasteiger partial charge in [-0.2, -0.15) is 3.96 Å². The molecule has 134 valence electrons. The van der Waals surface area contributed by atoms with Gasteiger partial charge in [0.1, 0.15) is 10.6 Å². The van der Waals surface area contributed by atoms with Crippen LogP contribution in [0.4, 0.5) is 5.82 Å². The number of pyridine rings is 2. The van der Waals surface area contributed by atoms with Crippen LogP contribution in [0.1, 0.15) is 16.8 Å². The third-order valence-electron chi connectivity index (χ3n) is 4.36. The number of morpholine rings is 1. The topological polar surface area (TPSA) is 77.3 Å². The van der Waals surface area contributed by atoms with Gasteiger partial charge < -0.3 is 9.64 Å². The van der Waals surface area contributed by atoms with Gasteiger partial charge >= 0.3 is 0 Å². The summed E-state index contributed by atoms with van der Waals surface area (Å²) < 4.78 is 6.58. The number of hydrogen-bond donors (Lipinski definition) is 0. The standard InChI is InChI=1S/C18H18N4O3S/c23-16(22-18(24)14-2-1-6-20-17(14)26-22)4-3-13-5-7-19-15(12-13)21-8-10-25-11-9-21/h1-2,5-7,12H,3-4,8-11H2. The molecule has 0 unspecified atom stereocenters. The van der Waals surface area contributed by atoms with Gasteiger partial charge in [-0.1, -0.05) is 0 Å². The molecule has 0 aromatic carbocycles. The third-order valence-corrected chi connectivity index (χ3v) is 5.41. The van der Waals surface area contributed by atoms with Crippen molar-refractivity contribution in [1.82, 2.24) is 13.9 Å². The van der Waals surface area contributed by atoms with Gasteiger partial charge in [0.2, 0.25) is 5.91 Å². The van der Waals surface area contributed by atoms with Crippen LogP contribution in [0.5, 0.6) is 0 Å². The Balaban J connectivity index is 1.47. The van der Waals surface area contributed by atoms with Gasteiger partial charge in [0, 0.05) is 31.9 Å². The van der Waals surface area contributed by atoms with E-state index < -0.39 is 0 Å². The fourth-order valence-electron chi connectivity index (χ4n) is 2.96. The quantitative estimate of drug-likeness (QED) is 0.699. The molecule has 3 aromatic rings. The first-order valence-electron chi connectivity index (χ1n) is 8.50. The summed E-state index contributed by atoms with van der Waals surface area (Å²) in [5.74, 6) is 0.698. The highest BCUT2D eigenvalue weighted by molar-refractivity contribution is 7.14. The number of hydrogen-bond acceptors (Lipinski definition) is 7. The third kappa shape index (κ3) is 3.38. The lowest BCUT2D eigenvalue weighted by molar-refractivity contribution is 0.0912. The van der Waals surface area contributed by atoms with Crippen molar-refractivity contribution in [2.75, 3.05) is 31.2 Å². The number of anilines is 1. The highest BCUT2D eigenvalue weighted by Gasteiger charge is 2.16. The van der Waals surface area contributed by atoms with Gasteiger partial charge in [-0.25, -0.2) is 9.97 Å². The molecule has 0 spiro atoms. The van der Waals surface area contributed by atoms with Crippen LogP contribution in [0.25, 0.3) is 10.2 Å². The average molecular weight is 370 g/mol. The van der Waals surface area contributed by atoms with Gasteiger partial charge in [-0.3, -0.25) is 9.59 Å². The number of rotatable bonds is 4. The number of fused-ring (bicyclic) bond motifs is 1. The maximum absolute atomic E-state index is 12.5. The Morgan fingerprint density at radius 1 is 1.19 bits per heavy atom. The number of nitrogens with zero attached hydrogens (tertiary/aromatic N) is 4. The number of aromatic nitrogens is 3. The molecule has 0 saturated carbocycles. The smallest absolute Gasteiger partial charge is 0.277 e. The molecule has 1 fully saturated rings. The van der Waals surface area contributed by atoms with E-state index in [0.29, 0.717) is 29.9 Å². The Hall–Kier alpha value is -2.58. The van der Waals surface area contributed by atoms with Gasteiger partial charge in [0.15, 0.2) is 0 Å². The number of carbonyl (C=O) groups is 1. The van der Waals surface area contributed by atoms with E-state index in [4.69, 9.17) is 4.74 Å². The first-order chi connectivity index (χ1) is 12.7. The van der Waals surface area contributed by atoms with Crippen molar-refractivity contribution in [3.8, 4) is 0 Å². The summed E-state index contributed by atoms with van der Waals surface area (Å²) in [6.45, 7) is 3.04. The van der Waals surface area contributed by atoms with Gasteiger partial charge in [-0.05, 0) is 47.8 Å². The van der Waals surface area contributed by atoms with Crippen LogP contribution in [0.2, 0.25) is 0 Å². The Morgan fingerprint density at radius 3 is 2.85 bits per heavy atom. The maximum atomic E-state index is 12.5. The lowest BCUT2D eigenvalue weighted by Gasteiger charge is -2.28. The summed E-state index contributed by atoms with van der Waals surface area (Å²) in [6, 6.07) is 7.32. The molecule has 1 saturated heterocycles. The average Bonchev–Trinajstić information content (AvgIpc) is 3.04. The normalized spacial score (nSPS) is 14.7. The first kappa shape index (κ1) is 16.9. The molecule has 1 aliphatic heterocycles. The van der Waals surface area contributed by atoms with Crippen molar-refractivity contribution in [2.45, 2.75) is 12.8 Å². The molecule has 1 aliphatic rings. The summed E-state index contributed by atoms with van der Waals surface area (Å²) in [7, 11) is 0. The van der Waals surface area contributed by atoms with Crippen molar-refractivity contribution in [3.05, 3.63) is 52.6 Å². The Bertz CT molecular complexity index is 991. The van der Waals surface area contributed by atoms with E-state index in [9.17, 15) is 9.59 Å². The van der Waals surface area contributed by atoms with E-state index in [1.54, 1.807) is 24.5 Å². The van der Waals surface area contributed by atoms with Crippen LogP contribution in [0, 0.1) is 0 Å². The summed E-state index contributed by atoms with van der Waals surface area (Å²) >= 11 is 1.10. The monoisotopic (exact) mass is 370 g/mol. The van der Waals surface area contributed by atoms with Crippen LogP contribution in [-0.2, 0) is 11.2 Å². The first-order valence-corrected chi connectivity index (χ1v) is 9.27. The van der Waals surface area contributed by atoms with Crippen LogP contribution < -0.4 is 10.5 Å². The Morgan fingerprint density at radius 2 is 2.04 bits per heavy atom. The van der Waals surface area contributed by atoms with Crippen LogP contribution in [0.3, 0.4) is 0 Å². The lowest BCUT2D eigenvalue weighted by Crippen LogP contribution is -2.36. The summed E-state index contributed by atoms with van der Waals surface area (Å²) in [5.41, 5.74) is 0.744. The highest BCUT2D eigenvalue weighted by atomic mass is 32.1. The Labute approximate surface area is 154 Å². The molecule has 0 N–H and O–H groups in total. The molecule has 4 rings (SSSR count). The molecule has 4 heterocycles. The van der Waals surface area contributed by atoms with Crippen molar-refractivity contribution in [3.63, 3.8) is 0 Å².